The number of hydrazine groups is 1. The first-order chi connectivity index (χ1) is 5.35. The number of rotatable bonds is 5. The normalized spacial score (nSPS) is 11.9. The SMILES string of the molecule is CC#CCC(CCCC)NN. The van der Waals surface area contributed by atoms with Crippen LogP contribution in [0.25, 0.3) is 0 Å². The van der Waals surface area contributed by atoms with Crippen LogP contribution in [0.3, 0.4) is 0 Å². The molecule has 0 aromatic rings. The minimum atomic E-state index is 0.377. The molecule has 1 unspecified atom stereocenters. The highest BCUT2D eigenvalue weighted by molar-refractivity contribution is 4.97. The van der Waals surface area contributed by atoms with Crippen LogP contribution in [0, 0.1) is 11.8 Å². The van der Waals surface area contributed by atoms with Crippen molar-refractivity contribution in [3.05, 3.63) is 0 Å². The van der Waals surface area contributed by atoms with Gasteiger partial charge in [-0.1, -0.05) is 19.8 Å². The summed E-state index contributed by atoms with van der Waals surface area (Å²) in [5.41, 5.74) is 2.77. The van der Waals surface area contributed by atoms with Crippen molar-refractivity contribution in [1.82, 2.24) is 5.43 Å². The van der Waals surface area contributed by atoms with Crippen molar-refractivity contribution in [2.24, 2.45) is 5.84 Å². The molecule has 0 aliphatic rings. The fourth-order valence-electron chi connectivity index (χ4n) is 0.920. The largest absolute Gasteiger partial charge is 0.271 e. The van der Waals surface area contributed by atoms with Crippen LogP contribution < -0.4 is 11.3 Å². The third-order valence-electron chi connectivity index (χ3n) is 1.67. The molecule has 0 aromatic heterocycles. The minimum absolute atomic E-state index is 0.377. The van der Waals surface area contributed by atoms with Crippen molar-refractivity contribution < 1.29 is 0 Å². The molecule has 0 radical (unpaired) electrons. The highest BCUT2D eigenvalue weighted by Crippen LogP contribution is 2.02. The summed E-state index contributed by atoms with van der Waals surface area (Å²) in [4.78, 5) is 0. The molecule has 1 atom stereocenters. The van der Waals surface area contributed by atoms with Gasteiger partial charge in [-0.05, 0) is 13.3 Å². The smallest absolute Gasteiger partial charge is 0.0319 e. The lowest BCUT2D eigenvalue weighted by Gasteiger charge is -2.10. The first-order valence-electron chi connectivity index (χ1n) is 4.20. The summed E-state index contributed by atoms with van der Waals surface area (Å²) in [6, 6.07) is 0.377. The van der Waals surface area contributed by atoms with Gasteiger partial charge in [0, 0.05) is 12.5 Å². The third-order valence-corrected chi connectivity index (χ3v) is 1.67. The van der Waals surface area contributed by atoms with Crippen LogP contribution in [-0.2, 0) is 0 Å². The highest BCUT2D eigenvalue weighted by Gasteiger charge is 2.01. The second-order valence-corrected chi connectivity index (χ2v) is 2.64. The van der Waals surface area contributed by atoms with Gasteiger partial charge in [0.1, 0.15) is 0 Å². The van der Waals surface area contributed by atoms with Gasteiger partial charge in [-0.15, -0.1) is 11.8 Å². The quantitative estimate of drug-likeness (QED) is 0.357. The predicted molar refractivity (Wildman–Crippen MR) is 48.7 cm³/mol. The summed E-state index contributed by atoms with van der Waals surface area (Å²) in [7, 11) is 0. The Kier molecular flexibility index (Phi) is 7.23. The van der Waals surface area contributed by atoms with Crippen LogP contribution in [0.15, 0.2) is 0 Å². The Hall–Kier alpha value is -0.520. The topological polar surface area (TPSA) is 38.0 Å². The van der Waals surface area contributed by atoms with Gasteiger partial charge in [-0.3, -0.25) is 11.3 Å². The molecule has 0 aliphatic heterocycles. The summed E-state index contributed by atoms with van der Waals surface area (Å²) in [5.74, 6) is 11.2. The van der Waals surface area contributed by atoms with E-state index >= 15 is 0 Å². The van der Waals surface area contributed by atoms with E-state index in [1.54, 1.807) is 0 Å². The molecule has 0 spiro atoms. The first kappa shape index (κ1) is 10.5. The van der Waals surface area contributed by atoms with Gasteiger partial charge >= 0.3 is 0 Å². The molecule has 0 amide bonds. The fourth-order valence-corrected chi connectivity index (χ4v) is 0.920. The van der Waals surface area contributed by atoms with Crippen LogP contribution in [0.4, 0.5) is 0 Å². The molecule has 11 heavy (non-hydrogen) atoms. The van der Waals surface area contributed by atoms with Crippen LogP contribution in [0.2, 0.25) is 0 Å². The second kappa shape index (κ2) is 7.59. The Balaban J connectivity index is 3.46. The first-order valence-corrected chi connectivity index (χ1v) is 4.20. The van der Waals surface area contributed by atoms with Crippen molar-refractivity contribution in [2.45, 2.75) is 45.6 Å². The zero-order valence-corrected chi connectivity index (χ0v) is 7.48. The molecule has 0 aromatic carbocycles. The monoisotopic (exact) mass is 154 g/mol. The molecular weight excluding hydrogens is 136 g/mol. The molecule has 64 valence electrons. The Morgan fingerprint density at radius 2 is 2.27 bits per heavy atom. The Labute approximate surface area is 69.5 Å². The number of hydrogen-bond acceptors (Lipinski definition) is 2. The lowest BCUT2D eigenvalue weighted by atomic mass is 10.1. The van der Waals surface area contributed by atoms with E-state index in [2.05, 4.69) is 24.2 Å². The van der Waals surface area contributed by atoms with Crippen molar-refractivity contribution in [1.29, 1.82) is 0 Å². The summed E-state index contributed by atoms with van der Waals surface area (Å²) in [5, 5.41) is 0. The average molecular weight is 154 g/mol. The van der Waals surface area contributed by atoms with E-state index in [-0.39, 0.29) is 0 Å². The van der Waals surface area contributed by atoms with Gasteiger partial charge in [-0.25, -0.2) is 0 Å². The molecule has 2 heteroatoms. The molecule has 0 fully saturated rings. The van der Waals surface area contributed by atoms with E-state index in [0.717, 1.165) is 12.8 Å². The van der Waals surface area contributed by atoms with E-state index in [1.165, 1.54) is 12.8 Å². The summed E-state index contributed by atoms with van der Waals surface area (Å²) in [6.07, 6.45) is 4.44. The maximum Gasteiger partial charge on any atom is 0.0319 e. The molecule has 3 N–H and O–H groups in total. The molecule has 0 bridgehead atoms. The molecule has 2 nitrogen and oxygen atoms in total. The van der Waals surface area contributed by atoms with Crippen LogP contribution >= 0.6 is 0 Å². The fraction of sp³-hybridized carbons (Fsp3) is 0.778. The van der Waals surface area contributed by atoms with Gasteiger partial charge in [0.15, 0.2) is 0 Å². The molecule has 0 saturated carbocycles. The lowest BCUT2D eigenvalue weighted by molar-refractivity contribution is 0.484. The van der Waals surface area contributed by atoms with Crippen molar-refractivity contribution >= 4 is 0 Å². The summed E-state index contributed by atoms with van der Waals surface area (Å²) >= 11 is 0. The third kappa shape index (κ3) is 5.90. The molecule has 0 heterocycles. The summed E-state index contributed by atoms with van der Waals surface area (Å²) in [6.45, 7) is 4.03. The van der Waals surface area contributed by atoms with Crippen LogP contribution in [0.1, 0.15) is 39.5 Å². The zero-order valence-electron chi connectivity index (χ0n) is 7.48. The van der Waals surface area contributed by atoms with Gasteiger partial charge in [0.2, 0.25) is 0 Å². The second-order valence-electron chi connectivity index (χ2n) is 2.64. The van der Waals surface area contributed by atoms with E-state index in [1.807, 2.05) is 6.92 Å². The van der Waals surface area contributed by atoms with E-state index in [4.69, 9.17) is 5.84 Å². The average Bonchev–Trinajstić information content (AvgIpc) is 2.05. The van der Waals surface area contributed by atoms with E-state index in [0.29, 0.717) is 6.04 Å². The Morgan fingerprint density at radius 1 is 1.55 bits per heavy atom. The van der Waals surface area contributed by atoms with Crippen molar-refractivity contribution in [2.75, 3.05) is 0 Å². The molecule has 0 saturated heterocycles. The number of unbranched alkanes of at least 4 members (excludes halogenated alkanes) is 1. The maximum absolute atomic E-state index is 5.34. The Morgan fingerprint density at radius 3 is 2.73 bits per heavy atom. The predicted octanol–water partition coefficient (Wildman–Crippen LogP) is 1.42. The van der Waals surface area contributed by atoms with E-state index in [9.17, 15) is 0 Å². The van der Waals surface area contributed by atoms with Gasteiger partial charge in [0.25, 0.3) is 0 Å². The molecule has 0 rings (SSSR count). The summed E-state index contributed by atoms with van der Waals surface area (Å²) < 4.78 is 0. The number of hydrogen-bond donors (Lipinski definition) is 2. The minimum Gasteiger partial charge on any atom is -0.271 e. The standard InChI is InChI=1S/C9H18N2/c1-3-5-7-9(11-10)8-6-4-2/h9,11H,3,5,7-8,10H2,1-2H3. The number of nitrogens with two attached hydrogens (primary N) is 1. The van der Waals surface area contributed by atoms with Gasteiger partial charge in [-0.2, -0.15) is 0 Å². The lowest BCUT2D eigenvalue weighted by Crippen LogP contribution is -2.34. The maximum atomic E-state index is 5.34. The van der Waals surface area contributed by atoms with Gasteiger partial charge < -0.3 is 0 Å². The van der Waals surface area contributed by atoms with Crippen molar-refractivity contribution in [3.8, 4) is 11.8 Å². The van der Waals surface area contributed by atoms with Gasteiger partial charge in [0.05, 0.1) is 0 Å². The Bertz CT molecular complexity index is 132. The zero-order chi connectivity index (χ0) is 8.53. The van der Waals surface area contributed by atoms with Crippen LogP contribution in [-0.4, -0.2) is 6.04 Å². The van der Waals surface area contributed by atoms with E-state index < -0.39 is 0 Å². The number of nitrogens with one attached hydrogen (secondary N) is 1. The molecular formula is C9H18N2. The van der Waals surface area contributed by atoms with Crippen molar-refractivity contribution in [3.63, 3.8) is 0 Å². The highest BCUT2D eigenvalue weighted by atomic mass is 15.2. The van der Waals surface area contributed by atoms with Crippen LogP contribution in [0.5, 0.6) is 0 Å². The molecule has 0 aliphatic carbocycles.